The van der Waals surface area contributed by atoms with Crippen molar-refractivity contribution in [2.24, 2.45) is 5.92 Å². The lowest BCUT2D eigenvalue weighted by Gasteiger charge is -2.07. The Balaban J connectivity index is 2.78. The van der Waals surface area contributed by atoms with Crippen LogP contribution in [0.5, 0.6) is 0 Å². The van der Waals surface area contributed by atoms with Crippen LogP contribution in [-0.4, -0.2) is 0 Å². The summed E-state index contributed by atoms with van der Waals surface area (Å²) in [6, 6.07) is 6.62. The fourth-order valence-corrected chi connectivity index (χ4v) is 2.36. The second-order valence-electron chi connectivity index (χ2n) is 3.78. The number of aryl methyl sites for hydroxylation is 1. The van der Waals surface area contributed by atoms with Gasteiger partial charge in [-0.2, -0.15) is 0 Å². The molecule has 0 heterocycles. The molecule has 0 aliphatic rings. The van der Waals surface area contributed by atoms with Gasteiger partial charge in [0, 0.05) is 10.4 Å². The molecule has 0 bridgehead atoms. The monoisotopic (exact) mass is 264 g/mol. The summed E-state index contributed by atoms with van der Waals surface area (Å²) in [5, 5.41) is 0. The van der Waals surface area contributed by atoms with E-state index in [9.17, 15) is 0 Å². The maximum atomic E-state index is 3.60. The normalized spacial score (nSPS) is 11.7. The molecular formula is C14H17Br. The summed E-state index contributed by atoms with van der Waals surface area (Å²) < 4.78 is 1.22. The van der Waals surface area contributed by atoms with Crippen LogP contribution < -0.4 is 0 Å². The van der Waals surface area contributed by atoms with E-state index in [1.165, 1.54) is 15.6 Å². The third kappa shape index (κ3) is 3.72. The maximum Gasteiger partial charge on any atom is 0.0214 e. The molecule has 1 unspecified atom stereocenters. The molecule has 0 aliphatic carbocycles. The topological polar surface area (TPSA) is 0 Å². The number of hydrogen-bond acceptors (Lipinski definition) is 0. The van der Waals surface area contributed by atoms with Crippen molar-refractivity contribution in [3.05, 3.63) is 33.8 Å². The quantitative estimate of drug-likeness (QED) is 0.718. The molecule has 1 aromatic carbocycles. The minimum Gasteiger partial charge on any atom is -0.106 e. The van der Waals surface area contributed by atoms with Crippen molar-refractivity contribution in [1.29, 1.82) is 0 Å². The Morgan fingerprint density at radius 1 is 1.40 bits per heavy atom. The second kappa shape index (κ2) is 5.98. The molecule has 0 aromatic heterocycles. The van der Waals surface area contributed by atoms with E-state index in [-0.39, 0.29) is 0 Å². The Labute approximate surface area is 101 Å². The first-order valence-corrected chi connectivity index (χ1v) is 6.16. The van der Waals surface area contributed by atoms with Gasteiger partial charge >= 0.3 is 0 Å². The molecule has 1 rings (SSSR count). The molecule has 0 fully saturated rings. The molecule has 0 radical (unpaired) electrons. The van der Waals surface area contributed by atoms with E-state index in [1.54, 1.807) is 0 Å². The molecule has 1 heteroatoms. The molecule has 0 amide bonds. The van der Waals surface area contributed by atoms with Crippen LogP contribution in [0.4, 0.5) is 0 Å². The Hall–Kier alpha value is -0.740. The Kier molecular flexibility index (Phi) is 4.91. The zero-order valence-corrected chi connectivity index (χ0v) is 11.2. The molecule has 0 N–H and O–H groups in total. The average Bonchev–Trinajstić information content (AvgIpc) is 2.18. The zero-order chi connectivity index (χ0) is 11.3. The van der Waals surface area contributed by atoms with Crippen LogP contribution in [0.15, 0.2) is 22.7 Å². The second-order valence-corrected chi connectivity index (χ2v) is 4.63. The van der Waals surface area contributed by atoms with Crippen molar-refractivity contribution in [1.82, 2.24) is 0 Å². The molecule has 1 aromatic rings. The number of benzene rings is 1. The van der Waals surface area contributed by atoms with Crippen molar-refractivity contribution >= 4 is 15.9 Å². The highest BCUT2D eigenvalue weighted by Gasteiger charge is 2.03. The SMILES string of the molecule is CC#CC(C)Cc1ccc(CC)c(Br)c1. The van der Waals surface area contributed by atoms with Gasteiger partial charge in [-0.05, 0) is 37.0 Å². The Morgan fingerprint density at radius 2 is 2.13 bits per heavy atom. The van der Waals surface area contributed by atoms with E-state index >= 15 is 0 Å². The molecule has 0 nitrogen and oxygen atoms in total. The van der Waals surface area contributed by atoms with E-state index in [0.29, 0.717) is 5.92 Å². The number of rotatable bonds is 3. The summed E-state index contributed by atoms with van der Waals surface area (Å²) in [7, 11) is 0. The predicted molar refractivity (Wildman–Crippen MR) is 69.8 cm³/mol. The van der Waals surface area contributed by atoms with Gasteiger partial charge < -0.3 is 0 Å². The van der Waals surface area contributed by atoms with Crippen LogP contribution in [0.1, 0.15) is 31.9 Å². The van der Waals surface area contributed by atoms with Gasteiger partial charge in [0.15, 0.2) is 0 Å². The molecule has 0 saturated heterocycles. The zero-order valence-electron chi connectivity index (χ0n) is 9.60. The van der Waals surface area contributed by atoms with E-state index in [1.807, 2.05) is 6.92 Å². The van der Waals surface area contributed by atoms with Gasteiger partial charge in [0.1, 0.15) is 0 Å². The van der Waals surface area contributed by atoms with Crippen molar-refractivity contribution in [3.63, 3.8) is 0 Å². The standard InChI is InChI=1S/C14H17Br/c1-4-6-11(3)9-12-7-8-13(5-2)14(15)10-12/h7-8,10-11H,5,9H2,1-3H3. The van der Waals surface area contributed by atoms with Gasteiger partial charge in [-0.25, -0.2) is 0 Å². The van der Waals surface area contributed by atoms with Crippen LogP contribution in [0.25, 0.3) is 0 Å². The van der Waals surface area contributed by atoms with E-state index < -0.39 is 0 Å². The molecule has 1 atom stereocenters. The summed E-state index contributed by atoms with van der Waals surface area (Å²) >= 11 is 3.60. The highest BCUT2D eigenvalue weighted by atomic mass is 79.9. The summed E-state index contributed by atoms with van der Waals surface area (Å²) in [6.07, 6.45) is 2.11. The van der Waals surface area contributed by atoms with Crippen LogP contribution in [0.3, 0.4) is 0 Å². The van der Waals surface area contributed by atoms with Gasteiger partial charge in [-0.15, -0.1) is 11.8 Å². The third-order valence-corrected chi connectivity index (χ3v) is 3.17. The molecule has 0 aliphatic heterocycles. The minimum atomic E-state index is 0.439. The third-order valence-electron chi connectivity index (χ3n) is 2.43. The first kappa shape index (κ1) is 12.3. The molecular weight excluding hydrogens is 248 g/mol. The summed E-state index contributed by atoms with van der Waals surface area (Å²) in [4.78, 5) is 0. The molecule has 80 valence electrons. The van der Waals surface area contributed by atoms with Crippen LogP contribution in [-0.2, 0) is 12.8 Å². The van der Waals surface area contributed by atoms with Gasteiger partial charge in [0.25, 0.3) is 0 Å². The number of halogens is 1. The van der Waals surface area contributed by atoms with Gasteiger partial charge in [0.2, 0.25) is 0 Å². The fourth-order valence-electron chi connectivity index (χ4n) is 1.66. The highest BCUT2D eigenvalue weighted by molar-refractivity contribution is 9.10. The van der Waals surface area contributed by atoms with Gasteiger partial charge in [-0.1, -0.05) is 41.9 Å². The van der Waals surface area contributed by atoms with Gasteiger partial charge in [0.05, 0.1) is 0 Å². The first-order valence-electron chi connectivity index (χ1n) is 5.37. The van der Waals surface area contributed by atoms with Crippen LogP contribution >= 0.6 is 15.9 Å². The minimum absolute atomic E-state index is 0.439. The Morgan fingerprint density at radius 3 is 2.67 bits per heavy atom. The molecule has 15 heavy (non-hydrogen) atoms. The predicted octanol–water partition coefficient (Wildman–Crippen LogP) is 4.21. The van der Waals surface area contributed by atoms with E-state index in [0.717, 1.165) is 12.8 Å². The summed E-state index contributed by atoms with van der Waals surface area (Å²) in [6.45, 7) is 6.23. The van der Waals surface area contributed by atoms with Crippen molar-refractivity contribution < 1.29 is 0 Å². The van der Waals surface area contributed by atoms with Gasteiger partial charge in [-0.3, -0.25) is 0 Å². The fraction of sp³-hybridized carbons (Fsp3) is 0.429. The average molecular weight is 265 g/mol. The first-order chi connectivity index (χ1) is 7.17. The largest absolute Gasteiger partial charge is 0.106 e. The lowest BCUT2D eigenvalue weighted by Crippen LogP contribution is -1.97. The summed E-state index contributed by atoms with van der Waals surface area (Å²) in [5.41, 5.74) is 2.72. The van der Waals surface area contributed by atoms with Crippen LogP contribution in [0, 0.1) is 17.8 Å². The number of hydrogen-bond donors (Lipinski definition) is 0. The van der Waals surface area contributed by atoms with Crippen molar-refractivity contribution in [3.8, 4) is 11.8 Å². The van der Waals surface area contributed by atoms with Crippen LogP contribution in [0.2, 0.25) is 0 Å². The molecule has 0 saturated carbocycles. The lowest BCUT2D eigenvalue weighted by molar-refractivity contribution is 0.749. The maximum absolute atomic E-state index is 3.60. The molecule has 0 spiro atoms. The van der Waals surface area contributed by atoms with E-state index in [4.69, 9.17) is 0 Å². The Bertz CT molecular complexity index is 382. The highest BCUT2D eigenvalue weighted by Crippen LogP contribution is 2.20. The summed E-state index contributed by atoms with van der Waals surface area (Å²) in [5.74, 6) is 6.58. The van der Waals surface area contributed by atoms with Crippen molar-refractivity contribution in [2.75, 3.05) is 0 Å². The lowest BCUT2D eigenvalue weighted by atomic mass is 10.00. The smallest absolute Gasteiger partial charge is 0.0214 e. The van der Waals surface area contributed by atoms with Crippen molar-refractivity contribution in [2.45, 2.75) is 33.6 Å². The van der Waals surface area contributed by atoms with E-state index in [2.05, 4.69) is 59.8 Å².